The van der Waals surface area contributed by atoms with Crippen molar-refractivity contribution in [1.82, 2.24) is 0 Å². The number of ketones is 1. The van der Waals surface area contributed by atoms with Crippen molar-refractivity contribution in [3.63, 3.8) is 0 Å². The Morgan fingerprint density at radius 1 is 1.05 bits per heavy atom. The molecule has 1 fully saturated rings. The van der Waals surface area contributed by atoms with Crippen molar-refractivity contribution in [2.75, 3.05) is 6.61 Å². The van der Waals surface area contributed by atoms with Crippen molar-refractivity contribution in [2.45, 2.75) is 89.0 Å². The molecule has 1 heterocycles. The molecule has 1 saturated heterocycles. The summed E-state index contributed by atoms with van der Waals surface area (Å²) in [6, 6.07) is 0. The van der Waals surface area contributed by atoms with Gasteiger partial charge in [-0.25, -0.2) is 0 Å². The van der Waals surface area contributed by atoms with Crippen LogP contribution in [-0.2, 0) is 9.53 Å². The average molecular weight is 289 g/mol. The minimum atomic E-state index is -0.972. The van der Waals surface area contributed by atoms with Crippen LogP contribution in [0.5, 0.6) is 0 Å². The highest BCUT2D eigenvalue weighted by molar-refractivity contribution is 6.34. The van der Waals surface area contributed by atoms with Crippen LogP contribution >= 0.6 is 11.6 Å². The molecule has 2 nitrogen and oxygen atoms in total. The van der Waals surface area contributed by atoms with Crippen LogP contribution in [0.2, 0.25) is 0 Å². The predicted octanol–water partition coefficient (Wildman–Crippen LogP) is 5.22. The fourth-order valence-corrected chi connectivity index (χ4v) is 2.91. The molecule has 0 bridgehead atoms. The zero-order chi connectivity index (χ0) is 14.0. The third-order valence-electron chi connectivity index (χ3n) is 3.90. The second-order valence-electron chi connectivity index (χ2n) is 5.68. The van der Waals surface area contributed by atoms with Crippen molar-refractivity contribution in [3.05, 3.63) is 0 Å². The lowest BCUT2D eigenvalue weighted by atomic mass is 10.0. The summed E-state index contributed by atoms with van der Waals surface area (Å²) in [5, 5.41) is -0.972. The summed E-state index contributed by atoms with van der Waals surface area (Å²) in [4.78, 5) is 11.9. The molecule has 3 heteroatoms. The Morgan fingerprint density at radius 3 is 2.16 bits per heavy atom. The summed E-state index contributed by atoms with van der Waals surface area (Å²) in [5.74, 6) is 0.0922. The minimum Gasteiger partial charge on any atom is -0.353 e. The second kappa shape index (κ2) is 9.77. The normalized spacial score (nSPS) is 22.8. The molecule has 0 amide bonds. The lowest BCUT2D eigenvalue weighted by Gasteiger charge is -2.18. The standard InChI is InChI=1S/C16H29ClO2/c1-2-3-4-5-6-7-8-9-10-12-15(18)16(17)13-11-14-19-16/h2-14H2,1H3. The fourth-order valence-electron chi connectivity index (χ4n) is 2.61. The summed E-state index contributed by atoms with van der Waals surface area (Å²) in [5.41, 5.74) is 0. The number of carbonyl (C=O) groups excluding carboxylic acids is 1. The van der Waals surface area contributed by atoms with Gasteiger partial charge in [-0.05, 0) is 12.8 Å². The van der Waals surface area contributed by atoms with Crippen LogP contribution in [0.4, 0.5) is 0 Å². The van der Waals surface area contributed by atoms with E-state index in [-0.39, 0.29) is 5.78 Å². The summed E-state index contributed by atoms with van der Waals surface area (Å²) < 4.78 is 5.35. The van der Waals surface area contributed by atoms with E-state index in [1.807, 2.05) is 0 Å². The molecule has 1 aliphatic rings. The lowest BCUT2D eigenvalue weighted by molar-refractivity contribution is -0.131. The van der Waals surface area contributed by atoms with Gasteiger partial charge in [-0.1, -0.05) is 69.9 Å². The second-order valence-corrected chi connectivity index (χ2v) is 6.29. The Labute approximate surface area is 123 Å². The average Bonchev–Trinajstić information content (AvgIpc) is 2.85. The summed E-state index contributed by atoms with van der Waals surface area (Å²) in [6.45, 7) is 2.88. The lowest BCUT2D eigenvalue weighted by Crippen LogP contribution is -2.31. The molecule has 0 N–H and O–H groups in total. The first-order valence-electron chi connectivity index (χ1n) is 8.05. The van der Waals surface area contributed by atoms with E-state index in [2.05, 4.69) is 6.92 Å². The number of ether oxygens (including phenoxy) is 1. The van der Waals surface area contributed by atoms with E-state index in [1.165, 1.54) is 44.9 Å². The monoisotopic (exact) mass is 288 g/mol. The molecule has 0 saturated carbocycles. The van der Waals surface area contributed by atoms with Gasteiger partial charge in [0.1, 0.15) is 0 Å². The van der Waals surface area contributed by atoms with E-state index in [9.17, 15) is 4.79 Å². The van der Waals surface area contributed by atoms with E-state index in [0.29, 0.717) is 19.4 Å². The van der Waals surface area contributed by atoms with Crippen molar-refractivity contribution in [3.8, 4) is 0 Å². The maximum Gasteiger partial charge on any atom is 0.200 e. The first-order valence-corrected chi connectivity index (χ1v) is 8.43. The zero-order valence-electron chi connectivity index (χ0n) is 12.4. The van der Waals surface area contributed by atoms with Crippen LogP contribution < -0.4 is 0 Å². The SMILES string of the molecule is CCCCCCCCCCCC(=O)C1(Cl)CCCO1. The van der Waals surface area contributed by atoms with Crippen LogP contribution in [0.25, 0.3) is 0 Å². The molecule has 0 aromatic heterocycles. The molecule has 19 heavy (non-hydrogen) atoms. The Kier molecular flexibility index (Phi) is 8.72. The van der Waals surface area contributed by atoms with Gasteiger partial charge in [-0.15, -0.1) is 0 Å². The van der Waals surface area contributed by atoms with Crippen LogP contribution in [0.15, 0.2) is 0 Å². The number of hydrogen-bond donors (Lipinski definition) is 0. The molecule has 0 spiro atoms. The number of carbonyl (C=O) groups is 1. The summed E-state index contributed by atoms with van der Waals surface area (Å²) in [6.07, 6.45) is 13.6. The maximum atomic E-state index is 11.9. The highest BCUT2D eigenvalue weighted by Gasteiger charge is 2.39. The first kappa shape index (κ1) is 17.0. The van der Waals surface area contributed by atoms with Crippen molar-refractivity contribution in [1.29, 1.82) is 0 Å². The van der Waals surface area contributed by atoms with Crippen molar-refractivity contribution < 1.29 is 9.53 Å². The Hall–Kier alpha value is -0.0800. The third-order valence-corrected chi connectivity index (χ3v) is 4.41. The molecule has 1 atom stereocenters. The highest BCUT2D eigenvalue weighted by Crippen LogP contribution is 2.32. The van der Waals surface area contributed by atoms with Gasteiger partial charge in [-0.2, -0.15) is 0 Å². The van der Waals surface area contributed by atoms with Gasteiger partial charge < -0.3 is 4.74 Å². The van der Waals surface area contributed by atoms with Crippen molar-refractivity contribution in [2.24, 2.45) is 0 Å². The van der Waals surface area contributed by atoms with Crippen molar-refractivity contribution >= 4 is 17.4 Å². The topological polar surface area (TPSA) is 26.3 Å². The van der Waals surface area contributed by atoms with Crippen LogP contribution in [0, 0.1) is 0 Å². The Morgan fingerprint density at radius 2 is 1.63 bits per heavy atom. The van der Waals surface area contributed by atoms with Gasteiger partial charge in [0.2, 0.25) is 0 Å². The third kappa shape index (κ3) is 6.76. The van der Waals surface area contributed by atoms with Crippen LogP contribution in [0.1, 0.15) is 84.0 Å². The van der Waals surface area contributed by atoms with Gasteiger partial charge in [0, 0.05) is 19.4 Å². The van der Waals surface area contributed by atoms with Gasteiger partial charge >= 0.3 is 0 Å². The molecular weight excluding hydrogens is 260 g/mol. The molecule has 1 rings (SSSR count). The summed E-state index contributed by atoms with van der Waals surface area (Å²) >= 11 is 6.16. The molecule has 1 unspecified atom stereocenters. The highest BCUT2D eigenvalue weighted by atomic mass is 35.5. The molecule has 0 radical (unpaired) electrons. The number of rotatable bonds is 11. The van der Waals surface area contributed by atoms with Gasteiger partial charge in [0.05, 0.1) is 0 Å². The van der Waals surface area contributed by atoms with Gasteiger partial charge in [0.25, 0.3) is 0 Å². The largest absolute Gasteiger partial charge is 0.353 e. The van der Waals surface area contributed by atoms with E-state index >= 15 is 0 Å². The first-order chi connectivity index (χ1) is 9.19. The Bertz CT molecular complexity index is 247. The molecule has 112 valence electrons. The maximum absolute atomic E-state index is 11.9. The predicted molar refractivity (Wildman–Crippen MR) is 80.6 cm³/mol. The molecule has 0 aromatic rings. The van der Waals surface area contributed by atoms with E-state index < -0.39 is 5.06 Å². The number of unbranched alkanes of at least 4 members (excludes halogenated alkanes) is 8. The molecular formula is C16H29ClO2. The van der Waals surface area contributed by atoms with Gasteiger partial charge in [-0.3, -0.25) is 4.79 Å². The van der Waals surface area contributed by atoms with Crippen LogP contribution in [0.3, 0.4) is 0 Å². The number of halogens is 1. The number of alkyl halides is 1. The van der Waals surface area contributed by atoms with Gasteiger partial charge in [0.15, 0.2) is 10.8 Å². The van der Waals surface area contributed by atoms with E-state index in [1.54, 1.807) is 0 Å². The molecule has 1 aliphatic heterocycles. The zero-order valence-corrected chi connectivity index (χ0v) is 13.1. The quantitative estimate of drug-likeness (QED) is 0.385. The van der Waals surface area contributed by atoms with E-state index in [0.717, 1.165) is 19.3 Å². The smallest absolute Gasteiger partial charge is 0.200 e. The molecule has 0 aromatic carbocycles. The fraction of sp³-hybridized carbons (Fsp3) is 0.938. The van der Waals surface area contributed by atoms with Crippen LogP contribution in [-0.4, -0.2) is 17.5 Å². The Balaban J connectivity index is 1.92. The molecule has 0 aliphatic carbocycles. The number of hydrogen-bond acceptors (Lipinski definition) is 2. The van der Waals surface area contributed by atoms with E-state index in [4.69, 9.17) is 16.3 Å². The minimum absolute atomic E-state index is 0.0922. The summed E-state index contributed by atoms with van der Waals surface area (Å²) in [7, 11) is 0. The number of Topliss-reactive ketones (excluding diaryl/α,β-unsaturated/α-hetero) is 1.